The normalized spacial score (nSPS) is 9.89. The molecule has 4 nitrogen and oxygen atoms in total. The maximum atomic E-state index is 4.33. The van der Waals surface area contributed by atoms with Crippen molar-refractivity contribution in [3.05, 3.63) is 29.1 Å². The van der Waals surface area contributed by atoms with Crippen molar-refractivity contribution in [3.63, 3.8) is 0 Å². The van der Waals surface area contributed by atoms with Crippen molar-refractivity contribution in [1.29, 1.82) is 0 Å². The van der Waals surface area contributed by atoms with Gasteiger partial charge in [0.25, 0.3) is 0 Å². The molecule has 0 N–H and O–H groups in total. The highest BCUT2D eigenvalue weighted by molar-refractivity contribution is 5.59. The Balaban J connectivity index is 0.000000492. The molecule has 2 heterocycles. The summed E-state index contributed by atoms with van der Waals surface area (Å²) < 4.78 is 1.77. The number of nitrogens with zero attached hydrogens (tertiary/aromatic N) is 4. The topological polar surface area (TPSA) is 43.6 Å². The minimum atomic E-state index is 0.874. The van der Waals surface area contributed by atoms with Gasteiger partial charge in [-0.25, -0.2) is 0 Å². The van der Waals surface area contributed by atoms with Crippen LogP contribution in [0.2, 0.25) is 0 Å². The fourth-order valence-corrected chi connectivity index (χ4v) is 1.51. The van der Waals surface area contributed by atoms with Gasteiger partial charge in [0.1, 0.15) is 11.4 Å². The molecule has 0 aliphatic rings. The maximum Gasteiger partial charge on any atom is 0.116 e. The van der Waals surface area contributed by atoms with Crippen molar-refractivity contribution < 1.29 is 0 Å². The van der Waals surface area contributed by atoms with E-state index < -0.39 is 0 Å². The van der Waals surface area contributed by atoms with Gasteiger partial charge in [0.05, 0.1) is 5.69 Å². The minimum absolute atomic E-state index is 0.874. The second kappa shape index (κ2) is 6.28. The lowest BCUT2D eigenvalue weighted by Crippen LogP contribution is -1.99. The fraction of sp³-hybridized carbons (Fsp3) is 0.500. The molecule has 0 aliphatic heterocycles. The molecular weight excluding hydrogens is 224 g/mol. The molecule has 2 aromatic rings. The smallest absolute Gasteiger partial charge is 0.116 e. The molecule has 0 fully saturated rings. The molecule has 2 aromatic heterocycles. The molecule has 0 saturated heterocycles. The average molecular weight is 246 g/mol. The van der Waals surface area contributed by atoms with Gasteiger partial charge in [-0.2, -0.15) is 10.2 Å². The highest BCUT2D eigenvalue weighted by Gasteiger charge is 2.10. The van der Waals surface area contributed by atoms with Crippen molar-refractivity contribution in [2.45, 2.75) is 41.0 Å². The molecule has 2 rings (SSSR count). The summed E-state index contributed by atoms with van der Waals surface area (Å²) in [6, 6.07) is 1.95. The second-order valence-corrected chi connectivity index (χ2v) is 4.47. The Morgan fingerprint density at radius 3 is 2.17 bits per heavy atom. The van der Waals surface area contributed by atoms with E-state index >= 15 is 0 Å². The summed E-state index contributed by atoms with van der Waals surface area (Å²) in [5, 5.41) is 12.6. The first-order chi connectivity index (χ1) is 8.51. The SMILES string of the molecule is CCC.Cc1nnc(-c2ccn(C)n2)c(C)c1C. The first-order valence-electron chi connectivity index (χ1n) is 6.31. The summed E-state index contributed by atoms with van der Waals surface area (Å²) in [4.78, 5) is 0. The summed E-state index contributed by atoms with van der Waals surface area (Å²) in [6.07, 6.45) is 3.16. The predicted molar refractivity (Wildman–Crippen MR) is 74.4 cm³/mol. The van der Waals surface area contributed by atoms with Gasteiger partial charge in [-0.3, -0.25) is 4.68 Å². The van der Waals surface area contributed by atoms with Gasteiger partial charge in [-0.15, -0.1) is 5.10 Å². The van der Waals surface area contributed by atoms with E-state index in [1.807, 2.05) is 26.2 Å². The van der Waals surface area contributed by atoms with E-state index in [0.29, 0.717) is 0 Å². The van der Waals surface area contributed by atoms with E-state index in [4.69, 9.17) is 0 Å². The zero-order chi connectivity index (χ0) is 13.7. The summed E-state index contributed by atoms with van der Waals surface area (Å²) in [5.41, 5.74) is 5.07. The van der Waals surface area contributed by atoms with Crippen LogP contribution < -0.4 is 0 Å². The quantitative estimate of drug-likeness (QED) is 0.776. The van der Waals surface area contributed by atoms with Gasteiger partial charge in [-0.1, -0.05) is 20.3 Å². The Morgan fingerprint density at radius 2 is 1.67 bits per heavy atom. The molecule has 98 valence electrons. The van der Waals surface area contributed by atoms with Crippen LogP contribution in [0.25, 0.3) is 11.4 Å². The Labute approximate surface area is 109 Å². The zero-order valence-corrected chi connectivity index (χ0v) is 12.2. The summed E-state index contributed by atoms with van der Waals surface area (Å²) in [5.74, 6) is 0. The molecule has 0 unspecified atom stereocenters. The van der Waals surface area contributed by atoms with Crippen LogP contribution in [-0.4, -0.2) is 20.0 Å². The Hall–Kier alpha value is -1.71. The van der Waals surface area contributed by atoms with Crippen LogP contribution in [0.3, 0.4) is 0 Å². The molecule has 0 bridgehead atoms. The second-order valence-electron chi connectivity index (χ2n) is 4.47. The Morgan fingerprint density at radius 1 is 1.06 bits per heavy atom. The van der Waals surface area contributed by atoms with Crippen LogP contribution in [0.1, 0.15) is 37.1 Å². The lowest BCUT2D eigenvalue weighted by atomic mass is 10.1. The summed E-state index contributed by atoms with van der Waals surface area (Å²) >= 11 is 0. The predicted octanol–water partition coefficient (Wildman–Crippen LogP) is 3.22. The van der Waals surface area contributed by atoms with E-state index in [2.05, 4.69) is 43.0 Å². The van der Waals surface area contributed by atoms with Gasteiger partial charge >= 0.3 is 0 Å². The molecular formula is C14H22N4. The molecule has 0 aliphatic carbocycles. The minimum Gasteiger partial charge on any atom is -0.275 e. The lowest BCUT2D eigenvalue weighted by Gasteiger charge is -2.06. The van der Waals surface area contributed by atoms with Crippen molar-refractivity contribution in [2.24, 2.45) is 7.05 Å². The van der Waals surface area contributed by atoms with Gasteiger partial charge in [-0.05, 0) is 38.0 Å². The van der Waals surface area contributed by atoms with Crippen LogP contribution in [0.5, 0.6) is 0 Å². The van der Waals surface area contributed by atoms with Crippen molar-refractivity contribution in [3.8, 4) is 11.4 Å². The van der Waals surface area contributed by atoms with E-state index in [1.54, 1.807) is 4.68 Å². The number of aromatic nitrogens is 4. The first-order valence-corrected chi connectivity index (χ1v) is 6.31. The average Bonchev–Trinajstić information content (AvgIpc) is 2.74. The largest absolute Gasteiger partial charge is 0.275 e. The zero-order valence-electron chi connectivity index (χ0n) is 12.2. The van der Waals surface area contributed by atoms with Crippen LogP contribution >= 0.6 is 0 Å². The highest BCUT2D eigenvalue weighted by atomic mass is 15.3. The molecule has 0 atom stereocenters. The molecule has 18 heavy (non-hydrogen) atoms. The van der Waals surface area contributed by atoms with E-state index in [-0.39, 0.29) is 0 Å². The lowest BCUT2D eigenvalue weighted by molar-refractivity contribution is 0.768. The van der Waals surface area contributed by atoms with E-state index in [0.717, 1.165) is 22.6 Å². The molecule has 0 saturated carbocycles. The van der Waals surface area contributed by atoms with Gasteiger partial charge in [0.2, 0.25) is 0 Å². The third-order valence-corrected chi connectivity index (χ3v) is 2.72. The first kappa shape index (κ1) is 14.4. The van der Waals surface area contributed by atoms with Gasteiger partial charge < -0.3 is 0 Å². The maximum absolute atomic E-state index is 4.33. The number of rotatable bonds is 1. The van der Waals surface area contributed by atoms with Gasteiger partial charge in [0.15, 0.2) is 0 Å². The van der Waals surface area contributed by atoms with E-state index in [1.165, 1.54) is 12.0 Å². The van der Waals surface area contributed by atoms with Crippen molar-refractivity contribution >= 4 is 0 Å². The number of hydrogen-bond donors (Lipinski definition) is 0. The summed E-state index contributed by atoms with van der Waals surface area (Å²) in [7, 11) is 1.90. The molecule has 0 spiro atoms. The van der Waals surface area contributed by atoms with Gasteiger partial charge in [0, 0.05) is 13.2 Å². The van der Waals surface area contributed by atoms with Crippen molar-refractivity contribution in [2.75, 3.05) is 0 Å². The van der Waals surface area contributed by atoms with E-state index in [9.17, 15) is 0 Å². The Kier molecular flexibility index (Phi) is 5.01. The standard InChI is InChI=1S/C11H14N4.C3H8/c1-7-8(2)11(13-12-9(7)3)10-5-6-15(4)14-10;1-3-2/h5-6H,1-4H3;3H2,1-2H3. The fourth-order valence-electron chi connectivity index (χ4n) is 1.51. The van der Waals surface area contributed by atoms with Crippen LogP contribution in [0.4, 0.5) is 0 Å². The van der Waals surface area contributed by atoms with Crippen molar-refractivity contribution in [1.82, 2.24) is 20.0 Å². The molecule has 0 aromatic carbocycles. The molecule has 0 amide bonds. The summed E-state index contributed by atoms with van der Waals surface area (Å²) in [6.45, 7) is 10.3. The number of hydrogen-bond acceptors (Lipinski definition) is 3. The van der Waals surface area contributed by atoms with Crippen LogP contribution in [0, 0.1) is 20.8 Å². The highest BCUT2D eigenvalue weighted by Crippen LogP contribution is 2.21. The monoisotopic (exact) mass is 246 g/mol. The van der Waals surface area contributed by atoms with Crippen LogP contribution in [0.15, 0.2) is 12.3 Å². The Bertz CT molecular complexity index is 515. The third-order valence-electron chi connectivity index (χ3n) is 2.72. The third kappa shape index (κ3) is 3.15. The molecule has 4 heteroatoms. The number of aryl methyl sites for hydroxylation is 2. The van der Waals surface area contributed by atoms with Crippen LogP contribution in [-0.2, 0) is 7.05 Å². The molecule has 0 radical (unpaired) electrons.